The topological polar surface area (TPSA) is 79.9 Å². The zero-order valence-electron chi connectivity index (χ0n) is 18.5. The standard InChI is InChI=1S/C23H25F2NO6/c1-6-30-20(27)23(24,25)19(29-5)18-11-14(13-31-18)16-12-26(21(28)32-22(2,3)4)17-10-8-7-9-15(16)17/h7-13,19H,6H2,1-5H3. The molecule has 1 aromatic carbocycles. The van der Waals surface area contributed by atoms with Gasteiger partial charge in [-0.05, 0) is 39.8 Å². The average molecular weight is 449 g/mol. The van der Waals surface area contributed by atoms with Gasteiger partial charge in [-0.2, -0.15) is 8.78 Å². The van der Waals surface area contributed by atoms with Crippen LogP contribution in [0.3, 0.4) is 0 Å². The number of carbonyl (C=O) groups is 2. The van der Waals surface area contributed by atoms with Crippen molar-refractivity contribution in [2.24, 2.45) is 0 Å². The first-order chi connectivity index (χ1) is 15.0. The fraction of sp³-hybridized carbons (Fsp3) is 0.391. The average Bonchev–Trinajstić information content (AvgIpc) is 3.32. The number of nitrogens with zero attached hydrogens (tertiary/aromatic N) is 1. The van der Waals surface area contributed by atoms with Gasteiger partial charge in [0, 0.05) is 29.8 Å². The van der Waals surface area contributed by atoms with Crippen LogP contribution in [0.15, 0.2) is 47.2 Å². The Kier molecular flexibility index (Phi) is 6.41. The van der Waals surface area contributed by atoms with Gasteiger partial charge in [-0.1, -0.05) is 18.2 Å². The Morgan fingerprint density at radius 1 is 1.19 bits per heavy atom. The smallest absolute Gasteiger partial charge is 0.419 e. The van der Waals surface area contributed by atoms with Gasteiger partial charge in [-0.3, -0.25) is 4.57 Å². The molecule has 0 aliphatic carbocycles. The maximum absolute atomic E-state index is 14.6. The van der Waals surface area contributed by atoms with Crippen molar-refractivity contribution < 1.29 is 37.0 Å². The van der Waals surface area contributed by atoms with Gasteiger partial charge in [-0.15, -0.1) is 0 Å². The number of hydrogen-bond donors (Lipinski definition) is 0. The third-order valence-electron chi connectivity index (χ3n) is 4.60. The molecule has 1 unspecified atom stereocenters. The quantitative estimate of drug-likeness (QED) is 0.458. The van der Waals surface area contributed by atoms with E-state index in [1.807, 2.05) is 0 Å². The number of furan rings is 1. The number of carbonyl (C=O) groups excluding carboxylic acids is 2. The zero-order chi connectivity index (χ0) is 23.7. The van der Waals surface area contributed by atoms with Gasteiger partial charge in [0.25, 0.3) is 0 Å². The summed E-state index contributed by atoms with van der Waals surface area (Å²) in [5, 5.41) is 0.692. The van der Waals surface area contributed by atoms with E-state index in [-0.39, 0.29) is 12.4 Å². The minimum Gasteiger partial charge on any atom is -0.466 e. The van der Waals surface area contributed by atoms with Crippen molar-refractivity contribution in [1.29, 1.82) is 0 Å². The van der Waals surface area contributed by atoms with Crippen LogP contribution in [0.25, 0.3) is 22.0 Å². The lowest BCUT2D eigenvalue weighted by Gasteiger charge is -2.21. The minimum atomic E-state index is -3.95. The van der Waals surface area contributed by atoms with Crippen molar-refractivity contribution in [1.82, 2.24) is 4.57 Å². The molecule has 2 aromatic heterocycles. The summed E-state index contributed by atoms with van der Waals surface area (Å²) in [5.41, 5.74) is 0.881. The summed E-state index contributed by atoms with van der Waals surface area (Å²) in [7, 11) is 1.05. The Morgan fingerprint density at radius 2 is 1.88 bits per heavy atom. The van der Waals surface area contributed by atoms with Gasteiger partial charge < -0.3 is 18.6 Å². The number of halogens is 2. The van der Waals surface area contributed by atoms with Gasteiger partial charge in [-0.25, -0.2) is 9.59 Å². The summed E-state index contributed by atoms with van der Waals surface area (Å²) in [6.07, 6.45) is 0.268. The zero-order valence-corrected chi connectivity index (χ0v) is 18.5. The molecule has 0 radical (unpaired) electrons. The van der Waals surface area contributed by atoms with E-state index >= 15 is 0 Å². The molecule has 7 nitrogen and oxygen atoms in total. The second-order valence-electron chi connectivity index (χ2n) is 8.11. The summed E-state index contributed by atoms with van der Waals surface area (Å²) in [4.78, 5) is 24.4. The van der Waals surface area contributed by atoms with Crippen LogP contribution >= 0.6 is 0 Å². The highest BCUT2D eigenvalue weighted by Crippen LogP contribution is 2.39. The first kappa shape index (κ1) is 23.5. The highest BCUT2D eigenvalue weighted by molar-refractivity contribution is 6.00. The molecule has 0 fully saturated rings. The van der Waals surface area contributed by atoms with E-state index in [4.69, 9.17) is 13.9 Å². The Balaban J connectivity index is 2.03. The molecule has 0 N–H and O–H groups in total. The van der Waals surface area contributed by atoms with Crippen LogP contribution in [0, 0.1) is 0 Å². The number of methoxy groups -OCH3 is 1. The van der Waals surface area contributed by atoms with E-state index in [0.717, 1.165) is 7.11 Å². The van der Waals surface area contributed by atoms with Crippen LogP contribution in [0.5, 0.6) is 0 Å². The van der Waals surface area contributed by atoms with E-state index in [1.54, 1.807) is 51.2 Å². The fourth-order valence-electron chi connectivity index (χ4n) is 3.28. The van der Waals surface area contributed by atoms with Gasteiger partial charge in [0.1, 0.15) is 11.4 Å². The molecule has 9 heteroatoms. The van der Waals surface area contributed by atoms with Crippen molar-refractivity contribution >= 4 is 23.0 Å². The van der Waals surface area contributed by atoms with Gasteiger partial charge in [0.15, 0.2) is 6.10 Å². The first-order valence-electron chi connectivity index (χ1n) is 9.99. The Morgan fingerprint density at radius 3 is 2.50 bits per heavy atom. The van der Waals surface area contributed by atoms with E-state index in [2.05, 4.69) is 4.74 Å². The molecule has 0 aliphatic rings. The number of hydrogen-bond acceptors (Lipinski definition) is 6. The molecule has 0 aliphatic heterocycles. The second kappa shape index (κ2) is 8.74. The monoisotopic (exact) mass is 449 g/mol. The maximum Gasteiger partial charge on any atom is 0.419 e. The SMILES string of the molecule is CCOC(=O)C(F)(F)C(OC)c1cc(-c2cn(C(=O)OC(C)(C)C)c3ccccc23)co1. The largest absolute Gasteiger partial charge is 0.466 e. The van der Waals surface area contributed by atoms with Crippen LogP contribution < -0.4 is 0 Å². The number of aromatic nitrogens is 1. The Hall–Kier alpha value is -3.20. The van der Waals surface area contributed by atoms with Gasteiger partial charge in [0.2, 0.25) is 0 Å². The van der Waals surface area contributed by atoms with Crippen LogP contribution in [-0.2, 0) is 19.0 Å². The summed E-state index contributed by atoms with van der Waals surface area (Å²) in [6, 6.07) is 8.45. The number of rotatable bonds is 6. The summed E-state index contributed by atoms with van der Waals surface area (Å²) >= 11 is 0. The molecule has 0 spiro atoms. The van der Waals surface area contributed by atoms with Crippen molar-refractivity contribution in [2.45, 2.75) is 45.3 Å². The molecular formula is C23H25F2NO6. The predicted octanol–water partition coefficient (Wildman–Crippen LogP) is 5.57. The summed E-state index contributed by atoms with van der Waals surface area (Å²) in [5.74, 6) is -5.91. The number of fused-ring (bicyclic) bond motifs is 1. The molecule has 0 amide bonds. The number of para-hydroxylation sites is 1. The van der Waals surface area contributed by atoms with E-state index in [1.165, 1.54) is 23.8 Å². The molecule has 3 aromatic rings. The summed E-state index contributed by atoms with van der Waals surface area (Å²) in [6.45, 7) is 6.51. The molecule has 0 bridgehead atoms. The molecule has 2 heterocycles. The van der Waals surface area contributed by atoms with Crippen molar-refractivity contribution in [3.63, 3.8) is 0 Å². The molecule has 1 atom stereocenters. The maximum atomic E-state index is 14.6. The molecule has 0 saturated carbocycles. The van der Waals surface area contributed by atoms with Crippen molar-refractivity contribution in [3.8, 4) is 11.1 Å². The van der Waals surface area contributed by atoms with Gasteiger partial charge >= 0.3 is 18.0 Å². The number of ether oxygens (including phenoxy) is 3. The summed E-state index contributed by atoms with van der Waals surface area (Å²) < 4.78 is 50.6. The van der Waals surface area contributed by atoms with E-state index < -0.39 is 29.7 Å². The lowest BCUT2D eigenvalue weighted by Crippen LogP contribution is -2.38. The third-order valence-corrected chi connectivity index (χ3v) is 4.60. The number of benzene rings is 1. The van der Waals surface area contributed by atoms with Crippen molar-refractivity contribution in [3.05, 3.63) is 48.6 Å². The number of alkyl halides is 2. The van der Waals surface area contributed by atoms with Crippen LogP contribution in [0.1, 0.15) is 39.6 Å². The molecule has 32 heavy (non-hydrogen) atoms. The van der Waals surface area contributed by atoms with Crippen LogP contribution in [0.2, 0.25) is 0 Å². The first-order valence-corrected chi connectivity index (χ1v) is 9.99. The third kappa shape index (κ3) is 4.52. The highest BCUT2D eigenvalue weighted by Gasteiger charge is 2.51. The second-order valence-corrected chi connectivity index (χ2v) is 8.11. The van der Waals surface area contributed by atoms with Crippen LogP contribution in [0.4, 0.5) is 13.6 Å². The van der Waals surface area contributed by atoms with Crippen LogP contribution in [-0.4, -0.2) is 41.9 Å². The van der Waals surface area contributed by atoms with Crippen molar-refractivity contribution in [2.75, 3.05) is 13.7 Å². The Labute approximate surface area is 183 Å². The molecule has 3 rings (SSSR count). The lowest BCUT2D eigenvalue weighted by molar-refractivity contribution is -0.194. The highest BCUT2D eigenvalue weighted by atomic mass is 19.3. The van der Waals surface area contributed by atoms with E-state index in [0.29, 0.717) is 22.0 Å². The normalized spacial score (nSPS) is 13.2. The Bertz CT molecular complexity index is 1130. The molecular weight excluding hydrogens is 424 g/mol. The van der Waals surface area contributed by atoms with E-state index in [9.17, 15) is 18.4 Å². The van der Waals surface area contributed by atoms with Gasteiger partial charge in [0.05, 0.1) is 18.4 Å². The molecule has 172 valence electrons. The molecule has 0 saturated heterocycles. The fourth-order valence-corrected chi connectivity index (χ4v) is 3.28. The predicted molar refractivity (Wildman–Crippen MR) is 113 cm³/mol. The minimum absolute atomic E-state index is 0.196. The number of esters is 1. The lowest BCUT2D eigenvalue weighted by atomic mass is 10.1.